The van der Waals surface area contributed by atoms with E-state index in [1.165, 1.54) is 0 Å². The van der Waals surface area contributed by atoms with Gasteiger partial charge < -0.3 is 10.6 Å². The molecule has 138 valence electrons. The number of rotatable bonds is 6. The zero-order valence-corrected chi connectivity index (χ0v) is 14.7. The summed E-state index contributed by atoms with van der Waals surface area (Å²) in [6, 6.07) is 3.37. The third kappa shape index (κ3) is 5.45. The number of thioether (sulfide) groups is 1. The Hall–Kier alpha value is -2.62. The molecule has 2 rings (SSSR count). The number of carbonyl (C=O) groups is 2. The van der Waals surface area contributed by atoms with E-state index in [4.69, 9.17) is 0 Å². The normalized spacial score (nSPS) is 10.5. The molecule has 26 heavy (non-hydrogen) atoms. The topological polar surface area (TPSA) is 84.0 Å². The number of carbonyl (C=O) groups excluding carboxylic acids is 2. The van der Waals surface area contributed by atoms with Gasteiger partial charge in [-0.2, -0.15) is 0 Å². The number of anilines is 1. The van der Waals surface area contributed by atoms with Crippen molar-refractivity contribution in [1.29, 1.82) is 0 Å². The molecular formula is C16H15F3N4O2S. The second-order valence-electron chi connectivity index (χ2n) is 5.27. The monoisotopic (exact) mass is 384 g/mol. The highest BCUT2D eigenvalue weighted by Gasteiger charge is 2.15. The number of aromatic nitrogens is 2. The van der Waals surface area contributed by atoms with Crippen molar-refractivity contribution in [1.82, 2.24) is 15.3 Å². The third-order valence-electron chi connectivity index (χ3n) is 3.05. The molecule has 1 aromatic heterocycles. The van der Waals surface area contributed by atoms with Crippen LogP contribution in [0.5, 0.6) is 0 Å². The van der Waals surface area contributed by atoms with Crippen LogP contribution in [0, 0.1) is 31.3 Å². The van der Waals surface area contributed by atoms with Crippen LogP contribution in [-0.4, -0.2) is 34.1 Å². The molecule has 0 aliphatic heterocycles. The zero-order valence-electron chi connectivity index (χ0n) is 13.9. The van der Waals surface area contributed by atoms with Crippen molar-refractivity contribution in [3.63, 3.8) is 0 Å². The van der Waals surface area contributed by atoms with Crippen LogP contribution in [0.25, 0.3) is 0 Å². The number of amides is 2. The van der Waals surface area contributed by atoms with Crippen molar-refractivity contribution in [2.45, 2.75) is 19.0 Å². The van der Waals surface area contributed by atoms with E-state index in [-0.39, 0.29) is 5.75 Å². The fourth-order valence-electron chi connectivity index (χ4n) is 1.93. The van der Waals surface area contributed by atoms with Gasteiger partial charge in [0.2, 0.25) is 11.8 Å². The Bertz CT molecular complexity index is 828. The molecule has 0 spiro atoms. The minimum Gasteiger partial charge on any atom is -0.346 e. The molecule has 0 saturated carbocycles. The number of nitrogens with zero attached hydrogens (tertiary/aromatic N) is 2. The van der Waals surface area contributed by atoms with Gasteiger partial charge in [-0.1, -0.05) is 11.8 Å². The number of nitrogens with one attached hydrogen (secondary N) is 2. The van der Waals surface area contributed by atoms with Gasteiger partial charge in [-0.25, -0.2) is 23.1 Å². The highest BCUT2D eigenvalue weighted by Crippen LogP contribution is 2.19. The first-order valence-corrected chi connectivity index (χ1v) is 8.40. The van der Waals surface area contributed by atoms with Crippen molar-refractivity contribution >= 4 is 29.3 Å². The summed E-state index contributed by atoms with van der Waals surface area (Å²) >= 11 is 1.10. The van der Waals surface area contributed by atoms with Crippen molar-refractivity contribution in [2.75, 3.05) is 17.6 Å². The van der Waals surface area contributed by atoms with Gasteiger partial charge in [0.15, 0.2) is 22.6 Å². The lowest BCUT2D eigenvalue weighted by atomic mass is 10.2. The fourth-order valence-corrected chi connectivity index (χ4v) is 2.71. The molecule has 0 bridgehead atoms. The number of benzene rings is 1. The first kappa shape index (κ1) is 19.7. The lowest BCUT2D eigenvalue weighted by Crippen LogP contribution is -2.34. The van der Waals surface area contributed by atoms with Gasteiger partial charge in [0.05, 0.1) is 18.0 Å². The fraction of sp³-hybridized carbons (Fsp3) is 0.250. The van der Waals surface area contributed by atoms with Crippen LogP contribution in [0.2, 0.25) is 0 Å². The van der Waals surface area contributed by atoms with Crippen molar-refractivity contribution in [3.8, 4) is 0 Å². The smallest absolute Gasteiger partial charge is 0.243 e. The average molecular weight is 384 g/mol. The molecule has 6 nitrogen and oxygen atoms in total. The molecule has 2 amide bonds. The molecule has 10 heteroatoms. The molecule has 0 saturated heterocycles. The predicted molar refractivity (Wildman–Crippen MR) is 90.2 cm³/mol. The van der Waals surface area contributed by atoms with E-state index in [9.17, 15) is 22.8 Å². The Morgan fingerprint density at radius 3 is 2.35 bits per heavy atom. The second-order valence-corrected chi connectivity index (χ2v) is 6.21. The molecule has 1 heterocycles. The highest BCUT2D eigenvalue weighted by molar-refractivity contribution is 7.99. The van der Waals surface area contributed by atoms with Gasteiger partial charge in [-0.15, -0.1) is 0 Å². The standard InChI is InChI=1S/C16H15F3N4O2S/c1-8-5-9(2)22-16(21-8)26-7-13(25)20-6-12(24)23-11-4-3-10(17)14(18)15(11)19/h3-5H,6-7H2,1-2H3,(H,20,25)(H,23,24). The quantitative estimate of drug-likeness (QED) is 0.454. The van der Waals surface area contributed by atoms with Crippen LogP contribution in [0.1, 0.15) is 11.4 Å². The number of hydrogen-bond donors (Lipinski definition) is 2. The SMILES string of the molecule is Cc1cc(C)nc(SCC(=O)NCC(=O)Nc2ccc(F)c(F)c2F)n1. The van der Waals surface area contributed by atoms with E-state index < -0.39 is 41.5 Å². The molecule has 0 atom stereocenters. The summed E-state index contributed by atoms with van der Waals surface area (Å²) in [5.74, 6) is -5.81. The summed E-state index contributed by atoms with van der Waals surface area (Å²) in [4.78, 5) is 31.8. The largest absolute Gasteiger partial charge is 0.346 e. The minimum atomic E-state index is -1.68. The Labute approximate surface area is 151 Å². The van der Waals surface area contributed by atoms with Crippen LogP contribution >= 0.6 is 11.8 Å². The van der Waals surface area contributed by atoms with E-state index in [0.717, 1.165) is 29.2 Å². The highest BCUT2D eigenvalue weighted by atomic mass is 32.2. The summed E-state index contributed by atoms with van der Waals surface area (Å²) in [6.07, 6.45) is 0. The van der Waals surface area contributed by atoms with Crippen LogP contribution in [0.3, 0.4) is 0 Å². The summed E-state index contributed by atoms with van der Waals surface area (Å²) in [6.45, 7) is 3.16. The Morgan fingerprint density at radius 1 is 1.04 bits per heavy atom. The van der Waals surface area contributed by atoms with E-state index >= 15 is 0 Å². The van der Waals surface area contributed by atoms with Crippen molar-refractivity contribution < 1.29 is 22.8 Å². The summed E-state index contributed by atoms with van der Waals surface area (Å²) < 4.78 is 39.4. The Kier molecular flexibility index (Phi) is 6.56. The van der Waals surface area contributed by atoms with Gasteiger partial charge in [-0.3, -0.25) is 9.59 Å². The minimum absolute atomic E-state index is 0.0181. The van der Waals surface area contributed by atoms with E-state index in [0.29, 0.717) is 11.2 Å². The first-order valence-electron chi connectivity index (χ1n) is 7.41. The van der Waals surface area contributed by atoms with Gasteiger partial charge >= 0.3 is 0 Å². The molecule has 0 unspecified atom stereocenters. The lowest BCUT2D eigenvalue weighted by molar-refractivity contribution is -0.122. The predicted octanol–water partition coefficient (Wildman–Crippen LogP) is 2.36. The maximum Gasteiger partial charge on any atom is 0.243 e. The van der Waals surface area contributed by atoms with E-state index in [1.54, 1.807) is 19.9 Å². The van der Waals surface area contributed by atoms with Gasteiger partial charge in [-0.05, 0) is 32.0 Å². The summed E-state index contributed by atoms with van der Waals surface area (Å²) in [5, 5.41) is 4.82. The lowest BCUT2D eigenvalue weighted by Gasteiger charge is -2.08. The molecule has 0 fully saturated rings. The van der Waals surface area contributed by atoms with Crippen molar-refractivity contribution in [2.24, 2.45) is 0 Å². The van der Waals surface area contributed by atoms with Crippen molar-refractivity contribution in [3.05, 3.63) is 47.0 Å². The molecular weight excluding hydrogens is 369 g/mol. The Morgan fingerprint density at radius 2 is 1.69 bits per heavy atom. The van der Waals surface area contributed by atoms with Gasteiger partial charge in [0.1, 0.15) is 0 Å². The molecule has 2 N–H and O–H groups in total. The number of hydrogen-bond acceptors (Lipinski definition) is 5. The van der Waals surface area contributed by atoms with E-state index in [2.05, 4.69) is 20.6 Å². The van der Waals surface area contributed by atoms with E-state index in [1.807, 2.05) is 0 Å². The third-order valence-corrected chi connectivity index (χ3v) is 3.90. The maximum atomic E-state index is 13.5. The summed E-state index contributed by atoms with van der Waals surface area (Å²) in [7, 11) is 0. The molecule has 1 aromatic carbocycles. The first-order chi connectivity index (χ1) is 12.3. The van der Waals surface area contributed by atoms with Crippen LogP contribution < -0.4 is 10.6 Å². The van der Waals surface area contributed by atoms with Crippen LogP contribution in [-0.2, 0) is 9.59 Å². The average Bonchev–Trinajstić information content (AvgIpc) is 2.58. The van der Waals surface area contributed by atoms with Crippen LogP contribution in [0.4, 0.5) is 18.9 Å². The van der Waals surface area contributed by atoms with Crippen LogP contribution in [0.15, 0.2) is 23.4 Å². The Balaban J connectivity index is 1.81. The van der Waals surface area contributed by atoms with Gasteiger partial charge in [0, 0.05) is 11.4 Å². The molecule has 0 aliphatic carbocycles. The number of aryl methyl sites for hydroxylation is 2. The second kappa shape index (κ2) is 8.65. The summed E-state index contributed by atoms with van der Waals surface area (Å²) in [5.41, 5.74) is 1.03. The molecule has 2 aromatic rings. The number of halogens is 3. The maximum absolute atomic E-state index is 13.5. The van der Waals surface area contributed by atoms with Gasteiger partial charge in [0.25, 0.3) is 0 Å². The zero-order chi connectivity index (χ0) is 19.3. The molecule has 0 radical (unpaired) electrons. The molecule has 0 aliphatic rings.